The third-order valence-electron chi connectivity index (χ3n) is 5.07. The van der Waals surface area contributed by atoms with Gasteiger partial charge in [0.15, 0.2) is 5.65 Å². The largest absolute Gasteiger partial charge is 0.355 e. The molecule has 29 heavy (non-hydrogen) atoms. The summed E-state index contributed by atoms with van der Waals surface area (Å²) < 4.78 is 1.55. The molecule has 144 valence electrons. The highest BCUT2D eigenvalue weighted by atomic mass is 16.1. The highest BCUT2D eigenvalue weighted by molar-refractivity contribution is 5.87. The van der Waals surface area contributed by atoms with Crippen molar-refractivity contribution in [3.63, 3.8) is 0 Å². The number of rotatable bonds is 4. The van der Waals surface area contributed by atoms with Crippen LogP contribution in [0.2, 0.25) is 0 Å². The molecule has 1 aliphatic heterocycles. The van der Waals surface area contributed by atoms with Crippen LogP contribution < -0.4 is 10.5 Å². The summed E-state index contributed by atoms with van der Waals surface area (Å²) in [7, 11) is 0. The molecule has 4 aromatic rings. The summed E-state index contributed by atoms with van der Waals surface area (Å²) in [5, 5.41) is 5.49. The number of hydrogen-bond acceptors (Lipinski definition) is 7. The first-order chi connectivity index (χ1) is 14.2. The van der Waals surface area contributed by atoms with Crippen molar-refractivity contribution in [2.75, 3.05) is 18.0 Å². The smallest absolute Gasteiger partial charge is 0.266 e. The van der Waals surface area contributed by atoms with E-state index in [1.165, 1.54) is 0 Å². The van der Waals surface area contributed by atoms with Crippen molar-refractivity contribution in [3.05, 3.63) is 71.2 Å². The van der Waals surface area contributed by atoms with Crippen LogP contribution in [0.5, 0.6) is 0 Å². The van der Waals surface area contributed by atoms with Crippen molar-refractivity contribution in [1.29, 1.82) is 0 Å². The number of hydrogen-bond donors (Lipinski definition) is 0. The van der Waals surface area contributed by atoms with E-state index in [9.17, 15) is 4.79 Å². The van der Waals surface area contributed by atoms with Gasteiger partial charge in [0.25, 0.3) is 5.56 Å². The van der Waals surface area contributed by atoms with Crippen LogP contribution in [0.1, 0.15) is 5.82 Å². The predicted molar refractivity (Wildman–Crippen MR) is 110 cm³/mol. The van der Waals surface area contributed by atoms with Crippen LogP contribution in [-0.2, 0) is 6.54 Å². The molecule has 5 rings (SSSR count). The molecule has 0 amide bonds. The van der Waals surface area contributed by atoms with Gasteiger partial charge in [0.2, 0.25) is 0 Å². The van der Waals surface area contributed by atoms with Crippen molar-refractivity contribution < 1.29 is 0 Å². The second-order valence-electron chi connectivity index (χ2n) is 7.22. The Kier molecular flexibility index (Phi) is 4.23. The molecule has 1 fully saturated rings. The van der Waals surface area contributed by atoms with Gasteiger partial charge in [0.05, 0.1) is 17.6 Å². The molecule has 0 radical (unpaired) electrons. The number of pyridine rings is 2. The fourth-order valence-corrected chi connectivity index (χ4v) is 3.64. The second-order valence-corrected chi connectivity index (χ2v) is 7.22. The van der Waals surface area contributed by atoms with Crippen molar-refractivity contribution >= 4 is 16.9 Å². The lowest BCUT2D eigenvalue weighted by Gasteiger charge is -2.40. The van der Waals surface area contributed by atoms with E-state index in [2.05, 4.69) is 29.9 Å². The Morgan fingerprint density at radius 3 is 2.76 bits per heavy atom. The Morgan fingerprint density at radius 1 is 1.07 bits per heavy atom. The molecule has 0 N–H and O–H groups in total. The molecule has 5 heterocycles. The van der Waals surface area contributed by atoms with E-state index in [-0.39, 0.29) is 5.56 Å². The molecule has 1 saturated heterocycles. The van der Waals surface area contributed by atoms with Gasteiger partial charge in [-0.15, -0.1) is 0 Å². The number of fused-ring (bicyclic) bond motifs is 1. The van der Waals surface area contributed by atoms with Gasteiger partial charge >= 0.3 is 0 Å². The molecular weight excluding hydrogens is 366 g/mol. The Labute approximate surface area is 166 Å². The first kappa shape index (κ1) is 17.4. The van der Waals surface area contributed by atoms with Gasteiger partial charge in [0.1, 0.15) is 11.6 Å². The first-order valence-electron chi connectivity index (χ1n) is 9.50. The molecule has 0 saturated carbocycles. The van der Waals surface area contributed by atoms with E-state index in [1.54, 1.807) is 35.4 Å². The highest BCUT2D eigenvalue weighted by Gasteiger charge is 2.30. The van der Waals surface area contributed by atoms with Crippen LogP contribution in [-0.4, -0.2) is 42.8 Å². The Morgan fingerprint density at radius 2 is 1.93 bits per heavy atom. The SMILES string of the molecule is Cc1nc(N2CC(Cn3nc(-c4cccnc4)ccc3=O)C2)c2cccnc2n1. The Bertz CT molecular complexity index is 1230. The minimum Gasteiger partial charge on any atom is -0.355 e. The molecule has 0 bridgehead atoms. The van der Waals surface area contributed by atoms with Crippen LogP contribution in [0.4, 0.5) is 5.82 Å². The number of nitrogens with zero attached hydrogens (tertiary/aromatic N) is 7. The third-order valence-corrected chi connectivity index (χ3v) is 5.07. The van der Waals surface area contributed by atoms with Gasteiger partial charge in [-0.1, -0.05) is 0 Å². The highest BCUT2D eigenvalue weighted by Crippen LogP contribution is 2.29. The first-order valence-corrected chi connectivity index (χ1v) is 9.50. The maximum atomic E-state index is 12.3. The maximum absolute atomic E-state index is 12.3. The molecule has 0 atom stereocenters. The molecule has 0 spiro atoms. The number of aryl methyl sites for hydroxylation is 1. The minimum absolute atomic E-state index is 0.0939. The van der Waals surface area contributed by atoms with E-state index < -0.39 is 0 Å². The molecule has 0 aromatic carbocycles. The fourth-order valence-electron chi connectivity index (χ4n) is 3.64. The van der Waals surface area contributed by atoms with Crippen LogP contribution >= 0.6 is 0 Å². The zero-order valence-electron chi connectivity index (χ0n) is 15.9. The molecule has 4 aromatic heterocycles. The normalized spacial score (nSPS) is 14.2. The number of aromatic nitrogens is 6. The summed E-state index contributed by atoms with van der Waals surface area (Å²) in [6.07, 6.45) is 5.21. The van der Waals surface area contributed by atoms with E-state index >= 15 is 0 Å². The van der Waals surface area contributed by atoms with Gasteiger partial charge in [-0.3, -0.25) is 9.78 Å². The van der Waals surface area contributed by atoms with Gasteiger partial charge < -0.3 is 4.90 Å². The minimum atomic E-state index is -0.0939. The zero-order valence-corrected chi connectivity index (χ0v) is 15.9. The van der Waals surface area contributed by atoms with Crippen molar-refractivity contribution in [1.82, 2.24) is 29.7 Å². The maximum Gasteiger partial charge on any atom is 0.266 e. The van der Waals surface area contributed by atoms with E-state index in [1.807, 2.05) is 31.2 Å². The average Bonchev–Trinajstić information content (AvgIpc) is 2.71. The lowest BCUT2D eigenvalue weighted by atomic mass is 10.00. The molecule has 0 unspecified atom stereocenters. The van der Waals surface area contributed by atoms with E-state index in [4.69, 9.17) is 0 Å². The van der Waals surface area contributed by atoms with Gasteiger partial charge in [0, 0.05) is 49.2 Å². The Balaban J connectivity index is 1.35. The molecular formula is C21H19N7O. The van der Waals surface area contributed by atoms with Crippen LogP contribution in [0.25, 0.3) is 22.3 Å². The van der Waals surface area contributed by atoms with E-state index in [0.717, 1.165) is 35.6 Å². The topological polar surface area (TPSA) is 89.7 Å². The van der Waals surface area contributed by atoms with Gasteiger partial charge in [-0.25, -0.2) is 19.6 Å². The predicted octanol–water partition coefficient (Wildman–Crippen LogP) is 2.09. The molecule has 0 aliphatic carbocycles. The van der Waals surface area contributed by atoms with E-state index in [0.29, 0.717) is 23.9 Å². The fraction of sp³-hybridized carbons (Fsp3) is 0.238. The summed E-state index contributed by atoms with van der Waals surface area (Å²) in [4.78, 5) is 32.0. The standard InChI is InChI=1S/C21H19N7O/c1-14-24-20-17(5-3-9-23-20)21(25-14)27-11-15(12-27)13-28-19(29)7-6-18(26-28)16-4-2-8-22-10-16/h2-10,15H,11-13H2,1H3. The van der Waals surface area contributed by atoms with Crippen molar-refractivity contribution in [2.45, 2.75) is 13.5 Å². The summed E-state index contributed by atoms with van der Waals surface area (Å²) in [6, 6.07) is 11.0. The van der Waals surface area contributed by atoms with Gasteiger partial charge in [-0.05, 0) is 37.3 Å². The average molecular weight is 385 g/mol. The van der Waals surface area contributed by atoms with Crippen LogP contribution in [0, 0.1) is 12.8 Å². The summed E-state index contributed by atoms with van der Waals surface area (Å²) in [5.41, 5.74) is 2.26. The van der Waals surface area contributed by atoms with Gasteiger partial charge in [-0.2, -0.15) is 5.10 Å². The molecule has 8 nitrogen and oxygen atoms in total. The lowest BCUT2D eigenvalue weighted by molar-refractivity contribution is 0.334. The monoisotopic (exact) mass is 385 g/mol. The van der Waals surface area contributed by atoms with Crippen LogP contribution in [0.3, 0.4) is 0 Å². The zero-order chi connectivity index (χ0) is 19.8. The lowest BCUT2D eigenvalue weighted by Crippen LogP contribution is -2.50. The second kappa shape index (κ2) is 7.05. The van der Waals surface area contributed by atoms with Crippen LogP contribution in [0.15, 0.2) is 59.8 Å². The van der Waals surface area contributed by atoms with Crippen molar-refractivity contribution in [2.24, 2.45) is 5.92 Å². The summed E-state index contributed by atoms with van der Waals surface area (Å²) in [5.74, 6) is 1.93. The third kappa shape index (κ3) is 3.33. The molecule has 1 aliphatic rings. The quantitative estimate of drug-likeness (QED) is 0.531. The summed E-state index contributed by atoms with van der Waals surface area (Å²) in [6.45, 7) is 4.07. The number of anilines is 1. The summed E-state index contributed by atoms with van der Waals surface area (Å²) >= 11 is 0. The van der Waals surface area contributed by atoms with Crippen molar-refractivity contribution in [3.8, 4) is 11.3 Å². The Hall–Kier alpha value is -3.68. The molecule has 8 heteroatoms.